The van der Waals surface area contributed by atoms with Crippen molar-refractivity contribution in [3.05, 3.63) is 69.5 Å². The van der Waals surface area contributed by atoms with Crippen molar-refractivity contribution in [3.63, 3.8) is 0 Å². The first-order chi connectivity index (χ1) is 15.4. The zero-order valence-electron chi connectivity index (χ0n) is 18.0. The normalized spacial score (nSPS) is 18.8. The van der Waals surface area contributed by atoms with E-state index in [-0.39, 0.29) is 42.5 Å². The third kappa shape index (κ3) is 5.76. The lowest BCUT2D eigenvalue weighted by molar-refractivity contribution is -0.137. The maximum atomic E-state index is 13.6. The molecular formula is C23H23ClF4N2O3. The molecule has 1 heterocycles. The molecule has 0 saturated carbocycles. The minimum atomic E-state index is -4.57. The van der Waals surface area contributed by atoms with Gasteiger partial charge >= 0.3 is 12.3 Å². The van der Waals surface area contributed by atoms with E-state index >= 15 is 0 Å². The SMILES string of the molecule is Cc1cc(F)ccc1[C@@H]1CN(C(=O)O)CC[C@H]1C(=O)N(C)Cc1cc(Cl)cc(C(F)(F)F)c1. The van der Waals surface area contributed by atoms with Crippen LogP contribution in [0.5, 0.6) is 0 Å². The third-order valence-corrected chi connectivity index (χ3v) is 6.13. The van der Waals surface area contributed by atoms with Crippen molar-refractivity contribution in [1.29, 1.82) is 0 Å². The van der Waals surface area contributed by atoms with Gasteiger partial charge in [0.25, 0.3) is 0 Å². The lowest BCUT2D eigenvalue weighted by Gasteiger charge is -2.39. The lowest BCUT2D eigenvalue weighted by atomic mass is 9.78. The molecule has 1 saturated heterocycles. The predicted octanol–water partition coefficient (Wildman–Crippen LogP) is 5.55. The monoisotopic (exact) mass is 486 g/mol. The van der Waals surface area contributed by atoms with Crippen molar-refractivity contribution in [1.82, 2.24) is 9.80 Å². The number of aryl methyl sites for hydroxylation is 1. The topological polar surface area (TPSA) is 60.9 Å². The van der Waals surface area contributed by atoms with E-state index in [2.05, 4.69) is 0 Å². The Labute approximate surface area is 193 Å². The van der Waals surface area contributed by atoms with Crippen LogP contribution in [0, 0.1) is 18.7 Å². The first kappa shape index (κ1) is 24.8. The van der Waals surface area contributed by atoms with Crippen molar-refractivity contribution in [2.45, 2.75) is 32.0 Å². The highest BCUT2D eigenvalue weighted by Crippen LogP contribution is 2.36. The Morgan fingerprint density at radius 3 is 2.52 bits per heavy atom. The highest BCUT2D eigenvalue weighted by atomic mass is 35.5. The number of hydrogen-bond acceptors (Lipinski definition) is 2. The quantitative estimate of drug-likeness (QED) is 0.576. The van der Waals surface area contributed by atoms with Gasteiger partial charge in [0.15, 0.2) is 0 Å². The van der Waals surface area contributed by atoms with E-state index in [0.29, 0.717) is 11.1 Å². The Bertz CT molecular complexity index is 1060. The van der Waals surface area contributed by atoms with Gasteiger partial charge in [-0.25, -0.2) is 9.18 Å². The van der Waals surface area contributed by atoms with Gasteiger partial charge in [-0.2, -0.15) is 13.2 Å². The van der Waals surface area contributed by atoms with E-state index in [0.717, 1.165) is 12.1 Å². The van der Waals surface area contributed by atoms with Crippen LogP contribution in [-0.4, -0.2) is 47.0 Å². The van der Waals surface area contributed by atoms with Gasteiger partial charge in [-0.05, 0) is 60.4 Å². The summed E-state index contributed by atoms with van der Waals surface area (Å²) in [5.41, 5.74) is 0.581. The molecule has 1 fully saturated rings. The van der Waals surface area contributed by atoms with Crippen LogP contribution >= 0.6 is 11.6 Å². The number of likely N-dealkylation sites (tertiary alicyclic amines) is 1. The number of carbonyl (C=O) groups is 2. The second kappa shape index (κ2) is 9.59. The Morgan fingerprint density at radius 2 is 1.91 bits per heavy atom. The molecule has 2 aromatic carbocycles. The maximum absolute atomic E-state index is 13.6. The molecule has 33 heavy (non-hydrogen) atoms. The molecule has 2 amide bonds. The Morgan fingerprint density at radius 1 is 1.21 bits per heavy atom. The summed E-state index contributed by atoms with van der Waals surface area (Å²) in [5, 5.41) is 9.34. The van der Waals surface area contributed by atoms with Gasteiger partial charge in [0.1, 0.15) is 5.82 Å². The average Bonchev–Trinajstić information content (AvgIpc) is 2.71. The highest BCUT2D eigenvalue weighted by Gasteiger charge is 2.39. The number of carbonyl (C=O) groups excluding carboxylic acids is 1. The molecule has 0 aliphatic carbocycles. The van der Waals surface area contributed by atoms with Gasteiger partial charge in [0, 0.05) is 43.5 Å². The van der Waals surface area contributed by atoms with Gasteiger partial charge in [0.2, 0.25) is 5.91 Å². The summed E-state index contributed by atoms with van der Waals surface area (Å²) in [5.74, 6) is -1.91. The van der Waals surface area contributed by atoms with Crippen molar-refractivity contribution in [2.24, 2.45) is 5.92 Å². The second-order valence-corrected chi connectivity index (χ2v) is 8.71. The number of alkyl halides is 3. The smallest absolute Gasteiger partial charge is 0.416 e. The summed E-state index contributed by atoms with van der Waals surface area (Å²) in [6.45, 7) is 1.79. The maximum Gasteiger partial charge on any atom is 0.416 e. The fraction of sp³-hybridized carbons (Fsp3) is 0.391. The summed E-state index contributed by atoms with van der Waals surface area (Å²) in [7, 11) is 1.48. The van der Waals surface area contributed by atoms with Crippen LogP contribution < -0.4 is 0 Å². The summed E-state index contributed by atoms with van der Waals surface area (Å²) in [6.07, 6.45) is -5.45. The van der Waals surface area contributed by atoms with Gasteiger partial charge < -0.3 is 14.9 Å². The van der Waals surface area contributed by atoms with Crippen molar-refractivity contribution in [3.8, 4) is 0 Å². The molecule has 0 aromatic heterocycles. The van der Waals surface area contributed by atoms with Crippen LogP contribution in [0.2, 0.25) is 5.02 Å². The van der Waals surface area contributed by atoms with Crippen molar-refractivity contribution >= 4 is 23.6 Å². The summed E-state index contributed by atoms with van der Waals surface area (Å²) in [4.78, 5) is 27.4. The molecule has 1 N–H and O–H groups in total. The van der Waals surface area contributed by atoms with Gasteiger partial charge in [-0.3, -0.25) is 4.79 Å². The number of halogens is 5. The molecule has 0 radical (unpaired) electrons. The molecule has 10 heteroatoms. The molecule has 0 unspecified atom stereocenters. The molecule has 0 bridgehead atoms. The summed E-state index contributed by atoms with van der Waals surface area (Å²) >= 11 is 5.85. The van der Waals surface area contributed by atoms with Crippen LogP contribution in [0.1, 0.15) is 34.6 Å². The van der Waals surface area contributed by atoms with Gasteiger partial charge in [-0.15, -0.1) is 0 Å². The van der Waals surface area contributed by atoms with E-state index in [9.17, 15) is 32.3 Å². The fourth-order valence-corrected chi connectivity index (χ4v) is 4.59. The largest absolute Gasteiger partial charge is 0.465 e. The molecule has 5 nitrogen and oxygen atoms in total. The Hall–Kier alpha value is -2.81. The minimum absolute atomic E-state index is 0.0570. The Balaban J connectivity index is 1.87. The first-order valence-corrected chi connectivity index (χ1v) is 10.6. The molecular weight excluding hydrogens is 464 g/mol. The molecule has 1 aliphatic heterocycles. The number of rotatable bonds is 4. The van der Waals surface area contributed by atoms with E-state index in [1.807, 2.05) is 0 Å². The average molecular weight is 487 g/mol. The molecule has 2 atom stereocenters. The third-order valence-electron chi connectivity index (χ3n) is 5.91. The standard InChI is InChI=1S/C23H23ClF4N2O3/c1-13-7-17(25)3-4-18(13)20-12-30(22(32)33)6-5-19(20)21(31)29(2)11-14-8-15(23(26,27)28)10-16(24)9-14/h3-4,7-10,19-20H,5-6,11-12H2,1-2H3,(H,32,33)/t19-,20+/m1/s1. The first-order valence-electron chi connectivity index (χ1n) is 10.2. The number of amides is 2. The van der Waals surface area contributed by atoms with E-state index in [1.54, 1.807) is 13.0 Å². The van der Waals surface area contributed by atoms with Crippen LogP contribution in [0.25, 0.3) is 0 Å². The highest BCUT2D eigenvalue weighted by molar-refractivity contribution is 6.30. The lowest BCUT2D eigenvalue weighted by Crippen LogP contribution is -2.47. The zero-order chi connectivity index (χ0) is 24.5. The predicted molar refractivity (Wildman–Crippen MR) is 115 cm³/mol. The van der Waals surface area contributed by atoms with Gasteiger partial charge in [-0.1, -0.05) is 17.7 Å². The number of carboxylic acid groups (broad SMARTS) is 1. The molecule has 2 aromatic rings. The van der Waals surface area contributed by atoms with E-state index in [1.165, 1.54) is 35.0 Å². The zero-order valence-corrected chi connectivity index (χ0v) is 18.8. The second-order valence-electron chi connectivity index (χ2n) is 8.27. The number of piperidine rings is 1. The molecule has 0 spiro atoms. The Kier molecular flexibility index (Phi) is 7.21. The molecule has 178 valence electrons. The number of hydrogen-bond donors (Lipinski definition) is 1. The minimum Gasteiger partial charge on any atom is -0.465 e. The number of nitrogens with zero attached hydrogens (tertiary/aromatic N) is 2. The van der Waals surface area contributed by atoms with Crippen LogP contribution in [0.15, 0.2) is 36.4 Å². The van der Waals surface area contributed by atoms with Crippen LogP contribution in [-0.2, 0) is 17.5 Å². The van der Waals surface area contributed by atoms with Crippen molar-refractivity contribution < 1.29 is 32.3 Å². The molecule has 1 aliphatic rings. The van der Waals surface area contributed by atoms with E-state index < -0.39 is 35.5 Å². The van der Waals surface area contributed by atoms with Crippen molar-refractivity contribution in [2.75, 3.05) is 20.1 Å². The van der Waals surface area contributed by atoms with Gasteiger partial charge in [0.05, 0.1) is 5.56 Å². The molecule has 3 rings (SSSR count). The summed E-state index contributed by atoms with van der Waals surface area (Å²) < 4.78 is 53.0. The number of benzene rings is 2. The fourth-order valence-electron chi connectivity index (χ4n) is 4.33. The van der Waals surface area contributed by atoms with Crippen LogP contribution in [0.4, 0.5) is 22.4 Å². The summed E-state index contributed by atoms with van der Waals surface area (Å²) in [6, 6.07) is 7.28. The van der Waals surface area contributed by atoms with E-state index in [4.69, 9.17) is 11.6 Å². The van der Waals surface area contributed by atoms with Crippen LogP contribution in [0.3, 0.4) is 0 Å².